The molecule has 130 valence electrons. The number of nitrogens with one attached hydrogen (secondary N) is 1. The lowest BCUT2D eigenvalue weighted by molar-refractivity contribution is 0.173. The van der Waals surface area contributed by atoms with Gasteiger partial charge in [0.1, 0.15) is 18.1 Å². The van der Waals surface area contributed by atoms with Gasteiger partial charge in [-0.15, -0.1) is 0 Å². The Bertz CT molecular complexity index is 721. The molecule has 3 rings (SSSR count). The fourth-order valence-corrected chi connectivity index (χ4v) is 3.15. The molecule has 0 bridgehead atoms. The second-order valence-electron chi connectivity index (χ2n) is 6.16. The number of phenolic OH excluding ortho intramolecular Hbond substituents is 1. The van der Waals surface area contributed by atoms with Crippen molar-refractivity contribution in [2.45, 2.75) is 19.1 Å². The quantitative estimate of drug-likeness (QED) is 0.848. The van der Waals surface area contributed by atoms with Crippen LogP contribution < -0.4 is 10.1 Å². The summed E-state index contributed by atoms with van der Waals surface area (Å²) in [5, 5.41) is 23.0. The molecule has 1 aliphatic rings. The first-order chi connectivity index (χ1) is 12.3. The lowest BCUT2D eigenvalue weighted by Gasteiger charge is -2.34. The Balaban J connectivity index is 1.72. The second-order valence-corrected chi connectivity index (χ2v) is 6.16. The minimum Gasteiger partial charge on any atom is -0.507 e. The maximum Gasteiger partial charge on any atom is 0.124 e. The Morgan fingerprint density at radius 2 is 1.92 bits per heavy atom. The van der Waals surface area contributed by atoms with Crippen LogP contribution in [0.4, 0.5) is 0 Å². The van der Waals surface area contributed by atoms with Gasteiger partial charge >= 0.3 is 0 Å². The third-order valence-electron chi connectivity index (χ3n) is 4.49. The van der Waals surface area contributed by atoms with E-state index in [4.69, 9.17) is 4.74 Å². The van der Waals surface area contributed by atoms with E-state index in [-0.39, 0.29) is 11.8 Å². The first-order valence-electron chi connectivity index (χ1n) is 8.59. The number of hydrogen-bond donors (Lipinski definition) is 2. The number of rotatable bonds is 6. The highest BCUT2D eigenvalue weighted by Gasteiger charge is 2.24. The highest BCUT2D eigenvalue weighted by Crippen LogP contribution is 2.34. The molecule has 1 heterocycles. The molecule has 0 saturated carbocycles. The van der Waals surface area contributed by atoms with E-state index >= 15 is 0 Å². The lowest BCUT2D eigenvalue weighted by Crippen LogP contribution is -2.45. The molecule has 0 aromatic heterocycles. The minimum absolute atomic E-state index is 0.0877. The summed E-state index contributed by atoms with van der Waals surface area (Å²) in [7, 11) is 0. The van der Waals surface area contributed by atoms with Crippen LogP contribution in [0.5, 0.6) is 11.5 Å². The predicted molar refractivity (Wildman–Crippen MR) is 96.3 cm³/mol. The summed E-state index contributed by atoms with van der Waals surface area (Å²) in [6.45, 7) is 4.01. The Hall–Kier alpha value is -2.55. The Morgan fingerprint density at radius 3 is 2.60 bits per heavy atom. The number of nitriles is 1. The van der Waals surface area contributed by atoms with Crippen molar-refractivity contribution in [3.8, 4) is 17.6 Å². The van der Waals surface area contributed by atoms with Crippen LogP contribution in [-0.4, -0.2) is 36.2 Å². The van der Waals surface area contributed by atoms with Gasteiger partial charge in [-0.05, 0) is 11.6 Å². The van der Waals surface area contributed by atoms with E-state index < -0.39 is 0 Å². The molecule has 0 aliphatic carbocycles. The number of benzene rings is 2. The summed E-state index contributed by atoms with van der Waals surface area (Å²) < 4.78 is 5.76. The van der Waals surface area contributed by atoms with Crippen molar-refractivity contribution in [3.05, 3.63) is 59.7 Å². The highest BCUT2D eigenvalue weighted by molar-refractivity contribution is 5.42. The van der Waals surface area contributed by atoms with Gasteiger partial charge in [0.2, 0.25) is 0 Å². The van der Waals surface area contributed by atoms with Gasteiger partial charge in [-0.2, -0.15) is 5.26 Å². The molecule has 0 radical (unpaired) electrons. The number of piperazine rings is 1. The average molecular weight is 337 g/mol. The smallest absolute Gasteiger partial charge is 0.124 e. The van der Waals surface area contributed by atoms with Crippen LogP contribution in [-0.2, 0) is 6.61 Å². The first-order valence-corrected chi connectivity index (χ1v) is 8.59. The van der Waals surface area contributed by atoms with Gasteiger partial charge in [0, 0.05) is 37.8 Å². The van der Waals surface area contributed by atoms with Gasteiger partial charge in [-0.25, -0.2) is 0 Å². The third kappa shape index (κ3) is 4.50. The molecule has 1 atom stereocenters. The Kier molecular flexibility index (Phi) is 5.89. The van der Waals surface area contributed by atoms with Gasteiger partial charge in [0.05, 0.1) is 18.5 Å². The van der Waals surface area contributed by atoms with Crippen molar-refractivity contribution in [2.24, 2.45) is 0 Å². The van der Waals surface area contributed by atoms with Crippen molar-refractivity contribution in [1.29, 1.82) is 5.26 Å². The van der Waals surface area contributed by atoms with Crippen molar-refractivity contribution in [3.63, 3.8) is 0 Å². The summed E-state index contributed by atoms with van der Waals surface area (Å²) in [5.41, 5.74) is 1.87. The van der Waals surface area contributed by atoms with Crippen molar-refractivity contribution in [2.75, 3.05) is 26.2 Å². The maximum absolute atomic E-state index is 10.5. The number of hydrogen-bond acceptors (Lipinski definition) is 5. The molecule has 1 aliphatic heterocycles. The molecule has 2 N–H and O–H groups in total. The zero-order valence-electron chi connectivity index (χ0n) is 14.2. The molecule has 1 saturated heterocycles. The van der Waals surface area contributed by atoms with Gasteiger partial charge in [0.15, 0.2) is 0 Å². The molecule has 0 unspecified atom stereocenters. The lowest BCUT2D eigenvalue weighted by atomic mass is 10.0. The zero-order chi connectivity index (χ0) is 17.5. The van der Waals surface area contributed by atoms with Crippen LogP contribution >= 0.6 is 0 Å². The van der Waals surface area contributed by atoms with E-state index in [0.717, 1.165) is 37.3 Å². The average Bonchev–Trinajstić information content (AvgIpc) is 2.66. The molecule has 2 aromatic carbocycles. The fourth-order valence-electron chi connectivity index (χ4n) is 3.15. The van der Waals surface area contributed by atoms with Gasteiger partial charge in [-0.3, -0.25) is 4.90 Å². The van der Waals surface area contributed by atoms with Crippen molar-refractivity contribution >= 4 is 0 Å². The van der Waals surface area contributed by atoms with Crippen LogP contribution in [0, 0.1) is 11.3 Å². The van der Waals surface area contributed by atoms with Gasteiger partial charge in [0.25, 0.3) is 0 Å². The number of phenols is 1. The predicted octanol–water partition coefficient (Wildman–Crippen LogP) is 2.83. The van der Waals surface area contributed by atoms with Gasteiger partial charge in [-0.1, -0.05) is 36.4 Å². The normalized spacial score (nSPS) is 16.1. The summed E-state index contributed by atoms with van der Waals surface area (Å²) in [6, 6.07) is 17.5. The SMILES string of the molecule is N#CC[C@@H](c1ccc(OCc2ccccc2)cc1O)N1CCNCC1. The molecular formula is C20H23N3O2. The van der Waals surface area contributed by atoms with Crippen molar-refractivity contribution in [1.82, 2.24) is 10.2 Å². The Morgan fingerprint density at radius 1 is 1.16 bits per heavy atom. The van der Waals surface area contributed by atoms with Crippen LogP contribution in [0.2, 0.25) is 0 Å². The standard InChI is InChI=1S/C20H23N3O2/c21-9-8-19(23-12-10-22-11-13-23)18-7-6-17(14-20(18)24)25-15-16-4-2-1-3-5-16/h1-7,14,19,22,24H,8,10-13,15H2/t19-/m0/s1. The van der Waals surface area contributed by atoms with Crippen LogP contribution in [0.3, 0.4) is 0 Å². The summed E-state index contributed by atoms with van der Waals surface area (Å²) in [5.74, 6) is 0.811. The number of ether oxygens (including phenoxy) is 1. The van der Waals surface area contributed by atoms with Crippen molar-refractivity contribution < 1.29 is 9.84 Å². The molecule has 2 aromatic rings. The maximum atomic E-state index is 10.5. The van der Waals surface area contributed by atoms with Crippen LogP contribution in [0.1, 0.15) is 23.6 Å². The van der Waals surface area contributed by atoms with E-state index in [9.17, 15) is 10.4 Å². The monoisotopic (exact) mass is 337 g/mol. The molecule has 0 amide bonds. The van der Waals surface area contributed by atoms with E-state index in [2.05, 4.69) is 16.3 Å². The zero-order valence-corrected chi connectivity index (χ0v) is 14.2. The van der Waals surface area contributed by atoms with Crippen LogP contribution in [0.15, 0.2) is 48.5 Å². The molecule has 5 nitrogen and oxygen atoms in total. The topological polar surface area (TPSA) is 68.5 Å². The summed E-state index contributed by atoms with van der Waals surface area (Å²) >= 11 is 0. The summed E-state index contributed by atoms with van der Waals surface area (Å²) in [4.78, 5) is 2.25. The second kappa shape index (κ2) is 8.52. The van der Waals surface area contributed by atoms with E-state index in [0.29, 0.717) is 18.8 Å². The van der Waals surface area contributed by atoms with E-state index in [1.807, 2.05) is 42.5 Å². The molecule has 0 spiro atoms. The van der Waals surface area contributed by atoms with E-state index in [1.54, 1.807) is 6.07 Å². The molecular weight excluding hydrogens is 314 g/mol. The fraction of sp³-hybridized carbons (Fsp3) is 0.350. The molecule has 1 fully saturated rings. The Labute approximate surface area is 148 Å². The van der Waals surface area contributed by atoms with E-state index in [1.165, 1.54) is 0 Å². The van der Waals surface area contributed by atoms with Gasteiger partial charge < -0.3 is 15.2 Å². The minimum atomic E-state index is -0.0877. The van der Waals surface area contributed by atoms with Crippen LogP contribution in [0.25, 0.3) is 0 Å². The molecule has 5 heteroatoms. The highest BCUT2D eigenvalue weighted by atomic mass is 16.5. The third-order valence-corrected chi connectivity index (χ3v) is 4.49. The number of nitrogens with zero attached hydrogens (tertiary/aromatic N) is 2. The number of aromatic hydroxyl groups is 1. The molecule has 25 heavy (non-hydrogen) atoms. The summed E-state index contributed by atoms with van der Waals surface area (Å²) in [6.07, 6.45) is 0.359. The largest absolute Gasteiger partial charge is 0.507 e. The first kappa shape index (κ1) is 17.3.